The zero-order valence-electron chi connectivity index (χ0n) is 15.6. The zero-order chi connectivity index (χ0) is 18.7. The van der Waals surface area contributed by atoms with Crippen LogP contribution in [0, 0.1) is 5.92 Å². The first-order valence-corrected chi connectivity index (χ1v) is 8.66. The molecule has 1 fully saturated rings. The van der Waals surface area contributed by atoms with Crippen molar-refractivity contribution in [2.24, 2.45) is 5.92 Å². The van der Waals surface area contributed by atoms with Gasteiger partial charge < -0.3 is 23.6 Å². The van der Waals surface area contributed by atoms with Crippen LogP contribution >= 0.6 is 0 Å². The molecular weight excluding hydrogens is 336 g/mol. The number of benzene rings is 1. The second-order valence-electron chi connectivity index (χ2n) is 6.22. The maximum atomic E-state index is 12.3. The third-order valence-corrected chi connectivity index (χ3v) is 4.48. The summed E-state index contributed by atoms with van der Waals surface area (Å²) in [5.74, 6) is 2.57. The lowest BCUT2D eigenvalue weighted by Crippen LogP contribution is -2.31. The van der Waals surface area contributed by atoms with Crippen molar-refractivity contribution in [3.8, 4) is 28.6 Å². The van der Waals surface area contributed by atoms with Gasteiger partial charge in [-0.3, -0.25) is 4.79 Å². The molecule has 1 saturated carbocycles. The first-order chi connectivity index (χ1) is 12.6. The van der Waals surface area contributed by atoms with E-state index in [0.29, 0.717) is 41.8 Å². The number of methoxy groups -OCH3 is 3. The van der Waals surface area contributed by atoms with E-state index < -0.39 is 0 Å². The summed E-state index contributed by atoms with van der Waals surface area (Å²) in [6.07, 6.45) is 1.98. The van der Waals surface area contributed by atoms with Crippen LogP contribution in [0.3, 0.4) is 0 Å². The van der Waals surface area contributed by atoms with E-state index in [4.69, 9.17) is 18.7 Å². The molecule has 0 atom stereocenters. The van der Waals surface area contributed by atoms with Gasteiger partial charge in [0.25, 0.3) is 0 Å². The fourth-order valence-corrected chi connectivity index (χ4v) is 2.88. The van der Waals surface area contributed by atoms with Crippen LogP contribution in [0.2, 0.25) is 0 Å². The summed E-state index contributed by atoms with van der Waals surface area (Å²) in [5, 5.41) is 4.11. The molecule has 1 heterocycles. The molecule has 0 radical (unpaired) electrons. The third kappa shape index (κ3) is 3.61. The van der Waals surface area contributed by atoms with E-state index in [9.17, 15) is 4.79 Å². The predicted octanol–water partition coefficient (Wildman–Crippen LogP) is 3.13. The molecule has 0 spiro atoms. The first kappa shape index (κ1) is 18.1. The molecule has 0 N–H and O–H groups in total. The molecule has 1 amide bonds. The number of ether oxygens (including phenoxy) is 3. The van der Waals surface area contributed by atoms with Crippen LogP contribution in [-0.4, -0.2) is 43.8 Å². The Morgan fingerprint density at radius 3 is 2.31 bits per heavy atom. The van der Waals surface area contributed by atoms with Crippen LogP contribution in [0.25, 0.3) is 11.3 Å². The number of aromatic nitrogens is 1. The summed E-state index contributed by atoms with van der Waals surface area (Å²) < 4.78 is 21.6. The molecule has 1 aromatic carbocycles. The third-order valence-electron chi connectivity index (χ3n) is 4.48. The van der Waals surface area contributed by atoms with Gasteiger partial charge in [0.15, 0.2) is 17.3 Å². The normalized spacial score (nSPS) is 13.4. The maximum absolute atomic E-state index is 12.3. The number of nitrogens with zero attached hydrogens (tertiary/aromatic N) is 2. The largest absolute Gasteiger partial charge is 0.493 e. The summed E-state index contributed by atoms with van der Waals surface area (Å²) in [7, 11) is 4.69. The zero-order valence-corrected chi connectivity index (χ0v) is 15.6. The van der Waals surface area contributed by atoms with Gasteiger partial charge in [0.2, 0.25) is 11.7 Å². The van der Waals surface area contributed by atoms with Crippen molar-refractivity contribution in [1.29, 1.82) is 0 Å². The van der Waals surface area contributed by atoms with Crippen LogP contribution in [0.15, 0.2) is 22.7 Å². The highest BCUT2D eigenvalue weighted by atomic mass is 16.5. The lowest BCUT2D eigenvalue weighted by atomic mass is 10.1. The summed E-state index contributed by atoms with van der Waals surface area (Å²) in [6.45, 7) is 3.07. The summed E-state index contributed by atoms with van der Waals surface area (Å²) >= 11 is 0. The molecule has 0 unspecified atom stereocenters. The Morgan fingerprint density at radius 2 is 1.81 bits per heavy atom. The van der Waals surface area contributed by atoms with E-state index in [-0.39, 0.29) is 11.8 Å². The molecule has 0 aliphatic heterocycles. The Bertz CT molecular complexity index is 757. The van der Waals surface area contributed by atoms with Crippen LogP contribution in [0.4, 0.5) is 0 Å². The number of carbonyl (C=O) groups excluding carboxylic acids is 1. The van der Waals surface area contributed by atoms with E-state index in [2.05, 4.69) is 5.16 Å². The van der Waals surface area contributed by atoms with Gasteiger partial charge in [0.1, 0.15) is 5.69 Å². The summed E-state index contributed by atoms with van der Waals surface area (Å²) in [5.41, 5.74) is 1.47. The van der Waals surface area contributed by atoms with Gasteiger partial charge in [-0.2, -0.15) is 0 Å². The molecule has 2 aromatic rings. The molecule has 140 valence electrons. The smallest absolute Gasteiger partial charge is 0.226 e. The Kier molecular flexibility index (Phi) is 5.35. The highest BCUT2D eigenvalue weighted by molar-refractivity contribution is 5.81. The minimum absolute atomic E-state index is 0.191. The van der Waals surface area contributed by atoms with Crippen molar-refractivity contribution in [3.63, 3.8) is 0 Å². The molecule has 7 nitrogen and oxygen atoms in total. The Hall–Kier alpha value is -2.70. The topological polar surface area (TPSA) is 74.0 Å². The van der Waals surface area contributed by atoms with Gasteiger partial charge in [-0.15, -0.1) is 0 Å². The van der Waals surface area contributed by atoms with Gasteiger partial charge in [-0.25, -0.2) is 0 Å². The minimum Gasteiger partial charge on any atom is -0.493 e. The van der Waals surface area contributed by atoms with Crippen LogP contribution in [0.1, 0.15) is 25.5 Å². The van der Waals surface area contributed by atoms with E-state index in [1.54, 1.807) is 33.5 Å². The van der Waals surface area contributed by atoms with E-state index in [0.717, 1.165) is 18.4 Å². The highest BCUT2D eigenvalue weighted by Gasteiger charge is 2.33. The molecule has 26 heavy (non-hydrogen) atoms. The van der Waals surface area contributed by atoms with Gasteiger partial charge in [0, 0.05) is 24.1 Å². The molecule has 7 heteroatoms. The Labute approximate surface area is 152 Å². The molecule has 0 saturated heterocycles. The number of carbonyl (C=O) groups is 1. The molecule has 1 aliphatic carbocycles. The van der Waals surface area contributed by atoms with Crippen LogP contribution in [0.5, 0.6) is 17.2 Å². The van der Waals surface area contributed by atoms with Gasteiger partial charge >= 0.3 is 0 Å². The van der Waals surface area contributed by atoms with Crippen molar-refractivity contribution in [1.82, 2.24) is 10.1 Å². The standard InChI is InChI=1S/C19H24N2O5/c1-5-21(19(22)12-6-7-12)11-14-10-15(26-20-14)13-8-16(23-2)18(25-4)17(9-13)24-3/h8-10,12H,5-7,11H2,1-4H3. The van der Waals surface area contributed by atoms with Crippen LogP contribution in [-0.2, 0) is 11.3 Å². The van der Waals surface area contributed by atoms with Crippen molar-refractivity contribution < 1.29 is 23.5 Å². The Balaban J connectivity index is 1.84. The van der Waals surface area contributed by atoms with Crippen molar-refractivity contribution >= 4 is 5.91 Å². The second kappa shape index (κ2) is 7.68. The number of amides is 1. The molecule has 1 aromatic heterocycles. The van der Waals surface area contributed by atoms with E-state index in [1.165, 1.54) is 0 Å². The van der Waals surface area contributed by atoms with Crippen molar-refractivity contribution in [2.75, 3.05) is 27.9 Å². The highest BCUT2D eigenvalue weighted by Crippen LogP contribution is 2.41. The molecule has 3 rings (SSSR count). The monoisotopic (exact) mass is 360 g/mol. The molecular formula is C19H24N2O5. The van der Waals surface area contributed by atoms with Crippen LogP contribution < -0.4 is 14.2 Å². The fourth-order valence-electron chi connectivity index (χ4n) is 2.88. The predicted molar refractivity (Wildman–Crippen MR) is 95.4 cm³/mol. The summed E-state index contributed by atoms with van der Waals surface area (Å²) in [4.78, 5) is 14.1. The number of rotatable bonds is 8. The quantitative estimate of drug-likeness (QED) is 0.720. The minimum atomic E-state index is 0.191. The fraction of sp³-hybridized carbons (Fsp3) is 0.474. The molecule has 1 aliphatic rings. The van der Waals surface area contributed by atoms with Gasteiger partial charge in [-0.05, 0) is 31.9 Å². The van der Waals surface area contributed by atoms with Crippen molar-refractivity contribution in [3.05, 3.63) is 23.9 Å². The lowest BCUT2D eigenvalue weighted by Gasteiger charge is -2.19. The lowest BCUT2D eigenvalue weighted by molar-refractivity contribution is -0.133. The van der Waals surface area contributed by atoms with Gasteiger partial charge in [0.05, 0.1) is 27.9 Å². The van der Waals surface area contributed by atoms with E-state index >= 15 is 0 Å². The maximum Gasteiger partial charge on any atom is 0.226 e. The average Bonchev–Trinajstić information content (AvgIpc) is 3.42. The number of hydrogen-bond acceptors (Lipinski definition) is 6. The van der Waals surface area contributed by atoms with Crippen molar-refractivity contribution in [2.45, 2.75) is 26.3 Å². The summed E-state index contributed by atoms with van der Waals surface area (Å²) in [6, 6.07) is 5.45. The SMILES string of the molecule is CCN(Cc1cc(-c2cc(OC)c(OC)c(OC)c2)on1)C(=O)C1CC1. The number of hydrogen-bond donors (Lipinski definition) is 0. The average molecular weight is 360 g/mol. The van der Waals surface area contributed by atoms with E-state index in [1.807, 2.05) is 17.9 Å². The first-order valence-electron chi connectivity index (χ1n) is 8.66. The molecule has 0 bridgehead atoms. The Morgan fingerprint density at radius 1 is 1.15 bits per heavy atom. The van der Waals surface area contributed by atoms with Gasteiger partial charge in [-0.1, -0.05) is 5.16 Å². The second-order valence-corrected chi connectivity index (χ2v) is 6.22.